The van der Waals surface area contributed by atoms with Crippen LogP contribution in [0.5, 0.6) is 0 Å². The molecule has 5 nitrogen and oxygen atoms in total. The molecule has 110 valence electrons. The normalized spacial score (nSPS) is 26.1. The number of furan rings is 1. The first-order valence-electron chi connectivity index (χ1n) is 6.45. The molecule has 4 N–H and O–H groups in total. The molecule has 0 aliphatic heterocycles. The first kappa shape index (κ1) is 15.3. The lowest BCUT2D eigenvalue weighted by Crippen LogP contribution is -2.42. The summed E-state index contributed by atoms with van der Waals surface area (Å²) >= 11 is 6.17. The molecule has 6 heteroatoms. The zero-order valence-corrected chi connectivity index (χ0v) is 11.8. The zero-order valence-electron chi connectivity index (χ0n) is 11.1. The number of alkyl halides is 1. The summed E-state index contributed by atoms with van der Waals surface area (Å²) < 4.78 is 5.12. The highest BCUT2D eigenvalue weighted by atomic mass is 35.5. The van der Waals surface area contributed by atoms with E-state index in [1.54, 1.807) is 24.7 Å². The van der Waals surface area contributed by atoms with Crippen molar-refractivity contribution in [2.24, 2.45) is 5.73 Å². The van der Waals surface area contributed by atoms with Gasteiger partial charge in [0.25, 0.3) is 0 Å². The van der Waals surface area contributed by atoms with Gasteiger partial charge in [-0.25, -0.2) is 0 Å². The van der Waals surface area contributed by atoms with E-state index in [1.165, 1.54) is 0 Å². The number of nitrogens with two attached hydrogens (primary N) is 1. The maximum Gasteiger partial charge on any atom is 0.129 e. The molecule has 1 aromatic heterocycles. The Morgan fingerprint density at radius 3 is 2.60 bits per heavy atom. The molecule has 0 saturated carbocycles. The molecule has 0 amide bonds. The number of rotatable bonds is 6. The number of hydrogen-bond acceptors (Lipinski definition) is 5. The molecule has 0 spiro atoms. The maximum absolute atomic E-state index is 9.18. The quantitative estimate of drug-likeness (QED) is 0.411. The number of halogens is 1. The van der Waals surface area contributed by atoms with Crippen LogP contribution in [0.1, 0.15) is 5.56 Å². The minimum Gasteiger partial charge on any atom is -0.472 e. The lowest BCUT2D eigenvalue weighted by molar-refractivity contribution is 0.155. The van der Waals surface area contributed by atoms with E-state index < -0.39 is 5.00 Å². The minimum absolute atomic E-state index is 0.0116. The van der Waals surface area contributed by atoms with Crippen LogP contribution in [0.4, 0.5) is 0 Å². The Balaban J connectivity index is 2.32. The van der Waals surface area contributed by atoms with Crippen LogP contribution in [0.25, 0.3) is 5.57 Å². The van der Waals surface area contributed by atoms with Crippen molar-refractivity contribution in [2.45, 2.75) is 11.0 Å². The summed E-state index contributed by atoms with van der Waals surface area (Å²) in [7, 11) is 0. The van der Waals surface area contributed by atoms with Gasteiger partial charge in [0.1, 0.15) is 5.00 Å². The van der Waals surface area contributed by atoms with E-state index >= 15 is 0 Å². The van der Waals surface area contributed by atoms with Gasteiger partial charge in [-0.05, 0) is 23.8 Å². The van der Waals surface area contributed by atoms with Crippen LogP contribution in [0.3, 0.4) is 0 Å². The molecule has 0 bridgehead atoms. The van der Waals surface area contributed by atoms with E-state index in [9.17, 15) is 10.2 Å². The van der Waals surface area contributed by atoms with Crippen molar-refractivity contribution < 1.29 is 14.6 Å². The van der Waals surface area contributed by atoms with E-state index in [1.807, 2.05) is 17.0 Å². The second kappa shape index (κ2) is 6.56. The Hall–Kier alpha value is -1.11. The first-order chi connectivity index (χ1) is 9.57. The molecule has 0 radical (unpaired) electrons. The van der Waals surface area contributed by atoms with Crippen molar-refractivity contribution in [1.82, 2.24) is 4.90 Å². The summed E-state index contributed by atoms with van der Waals surface area (Å²) in [4.78, 5) is 0.925. The molecular formula is C14H19ClN2O3. The molecule has 1 aromatic rings. The van der Waals surface area contributed by atoms with Crippen LogP contribution in [0, 0.1) is 0 Å². The number of hydrogen-bond donors (Lipinski definition) is 3. The Morgan fingerprint density at radius 1 is 1.35 bits per heavy atom. The SMILES string of the molecule is NC1(Cl)C=CC(N(CCO)CCO)C(c2ccoc2)=C1. The molecule has 2 rings (SSSR count). The summed E-state index contributed by atoms with van der Waals surface area (Å²) in [6.45, 7) is 0.921. The van der Waals surface area contributed by atoms with Gasteiger partial charge in [0.05, 0.1) is 31.8 Å². The smallest absolute Gasteiger partial charge is 0.129 e. The maximum atomic E-state index is 9.18. The van der Waals surface area contributed by atoms with Crippen LogP contribution in [0.15, 0.2) is 41.2 Å². The Bertz CT molecular complexity index is 477. The van der Waals surface area contributed by atoms with E-state index in [-0.39, 0.29) is 19.3 Å². The van der Waals surface area contributed by atoms with Gasteiger partial charge < -0.3 is 20.4 Å². The van der Waals surface area contributed by atoms with Crippen LogP contribution >= 0.6 is 11.6 Å². The molecule has 0 aromatic carbocycles. The Labute approximate surface area is 122 Å². The molecular weight excluding hydrogens is 280 g/mol. The Morgan fingerprint density at radius 2 is 2.05 bits per heavy atom. The molecule has 0 saturated heterocycles. The average molecular weight is 299 g/mol. The van der Waals surface area contributed by atoms with Crippen molar-refractivity contribution >= 4 is 17.2 Å². The number of aliphatic hydroxyl groups is 2. The first-order valence-corrected chi connectivity index (χ1v) is 6.83. The van der Waals surface area contributed by atoms with Crippen molar-refractivity contribution in [3.63, 3.8) is 0 Å². The van der Waals surface area contributed by atoms with E-state index in [0.29, 0.717) is 13.1 Å². The zero-order chi connectivity index (χ0) is 14.6. The second-order valence-corrected chi connectivity index (χ2v) is 5.38. The van der Waals surface area contributed by atoms with Crippen LogP contribution in [-0.2, 0) is 0 Å². The van der Waals surface area contributed by atoms with Gasteiger partial charge in [-0.3, -0.25) is 4.90 Å². The van der Waals surface area contributed by atoms with Crippen molar-refractivity contribution in [1.29, 1.82) is 0 Å². The summed E-state index contributed by atoms with van der Waals surface area (Å²) in [6.07, 6.45) is 8.58. The van der Waals surface area contributed by atoms with Gasteiger partial charge in [-0.2, -0.15) is 0 Å². The summed E-state index contributed by atoms with van der Waals surface area (Å²) in [5, 5.41) is 18.4. The molecule has 0 fully saturated rings. The molecule has 1 aliphatic carbocycles. The highest BCUT2D eigenvalue weighted by molar-refractivity contribution is 6.26. The third kappa shape index (κ3) is 3.50. The lowest BCUT2D eigenvalue weighted by Gasteiger charge is -2.34. The topological polar surface area (TPSA) is 82.9 Å². The van der Waals surface area contributed by atoms with Gasteiger partial charge in [-0.15, -0.1) is 0 Å². The Kier molecular flexibility index (Phi) is 5.01. The highest BCUT2D eigenvalue weighted by Gasteiger charge is 2.29. The van der Waals surface area contributed by atoms with Gasteiger partial charge in [-0.1, -0.05) is 17.7 Å². The fraction of sp³-hybridized carbons (Fsp3) is 0.429. The monoisotopic (exact) mass is 298 g/mol. The largest absolute Gasteiger partial charge is 0.472 e. The lowest BCUT2D eigenvalue weighted by atomic mass is 9.92. The van der Waals surface area contributed by atoms with Crippen molar-refractivity contribution in [3.05, 3.63) is 42.4 Å². The predicted octanol–water partition coefficient (Wildman–Crippen LogP) is 0.782. The molecule has 2 unspecified atom stereocenters. The highest BCUT2D eigenvalue weighted by Crippen LogP contribution is 2.32. The second-order valence-electron chi connectivity index (χ2n) is 4.73. The van der Waals surface area contributed by atoms with E-state index in [0.717, 1.165) is 11.1 Å². The van der Waals surface area contributed by atoms with Gasteiger partial charge in [0, 0.05) is 18.7 Å². The van der Waals surface area contributed by atoms with Gasteiger partial charge in [0.15, 0.2) is 0 Å². The van der Waals surface area contributed by atoms with Gasteiger partial charge in [0.2, 0.25) is 0 Å². The summed E-state index contributed by atoms with van der Waals surface area (Å²) in [5.41, 5.74) is 7.73. The third-order valence-corrected chi connectivity index (χ3v) is 3.49. The third-order valence-electron chi connectivity index (χ3n) is 3.25. The van der Waals surface area contributed by atoms with Crippen LogP contribution in [-0.4, -0.2) is 52.5 Å². The molecule has 1 heterocycles. The van der Waals surface area contributed by atoms with Crippen LogP contribution < -0.4 is 5.73 Å². The molecule has 2 atom stereocenters. The van der Waals surface area contributed by atoms with E-state index in [4.69, 9.17) is 21.8 Å². The van der Waals surface area contributed by atoms with Crippen molar-refractivity contribution in [3.8, 4) is 0 Å². The summed E-state index contributed by atoms with van der Waals surface area (Å²) in [5.74, 6) is 0. The minimum atomic E-state index is -1.03. The molecule has 1 aliphatic rings. The fourth-order valence-electron chi connectivity index (χ4n) is 2.36. The number of nitrogens with zero attached hydrogens (tertiary/aromatic N) is 1. The average Bonchev–Trinajstić information content (AvgIpc) is 2.91. The molecule has 20 heavy (non-hydrogen) atoms. The van der Waals surface area contributed by atoms with Crippen molar-refractivity contribution in [2.75, 3.05) is 26.3 Å². The van der Waals surface area contributed by atoms with Gasteiger partial charge >= 0.3 is 0 Å². The standard InChI is InChI=1S/C14H19ClN2O3/c15-14(16)3-1-13(17(4-6-18)5-7-19)12(9-14)11-2-8-20-10-11/h1-3,8-10,13,18-19H,4-7,16H2. The van der Waals surface area contributed by atoms with E-state index in [2.05, 4.69) is 0 Å². The fourth-order valence-corrected chi connectivity index (χ4v) is 2.55. The number of aliphatic hydroxyl groups excluding tert-OH is 2. The summed E-state index contributed by atoms with van der Waals surface area (Å²) in [6, 6.07) is 1.73. The van der Waals surface area contributed by atoms with Crippen LogP contribution in [0.2, 0.25) is 0 Å². The predicted molar refractivity (Wildman–Crippen MR) is 78.1 cm³/mol.